The van der Waals surface area contributed by atoms with Crippen molar-refractivity contribution >= 4 is 17.0 Å². The molecule has 0 atom stereocenters. The molecule has 1 aromatic rings. The Kier molecular flexibility index (Phi) is 3.87. The van der Waals surface area contributed by atoms with Crippen molar-refractivity contribution in [3.8, 4) is 27.0 Å². The first-order chi connectivity index (χ1) is 11.0. The summed E-state index contributed by atoms with van der Waals surface area (Å²) in [6.45, 7) is 6.65. The second-order valence-corrected chi connectivity index (χ2v) is 7.73. The molecule has 0 saturated carbocycles. The van der Waals surface area contributed by atoms with E-state index in [1.54, 1.807) is 11.3 Å². The van der Waals surface area contributed by atoms with Crippen LogP contribution in [-0.2, 0) is 5.41 Å². The first-order valence-electron chi connectivity index (χ1n) is 7.70. The fourth-order valence-electron chi connectivity index (χ4n) is 2.77. The van der Waals surface area contributed by atoms with E-state index in [0.717, 1.165) is 27.3 Å². The van der Waals surface area contributed by atoms with Crippen LogP contribution in [0.25, 0.3) is 20.9 Å². The van der Waals surface area contributed by atoms with Crippen molar-refractivity contribution in [3.05, 3.63) is 53.6 Å². The molecular formula is C20H20N2S. The smallest absolute Gasteiger partial charge is 0.103 e. The molecule has 3 rings (SSSR count). The first kappa shape index (κ1) is 15.6. The standard InChI is InChI=1S/C20H20N2S/c1-20(2,3)14-10-15-17(11-14)23-19(13-8-6-5-7-9-13)16(12-21)18(15)22-4/h5-11,22H,1-4H3. The lowest BCUT2D eigenvalue weighted by molar-refractivity contribution is 0.592. The zero-order valence-electron chi connectivity index (χ0n) is 13.9. The number of nitrogens with one attached hydrogen (secondary N) is 1. The Labute approximate surface area is 141 Å². The van der Waals surface area contributed by atoms with Crippen molar-refractivity contribution in [2.75, 3.05) is 12.4 Å². The number of hydrogen-bond acceptors (Lipinski definition) is 3. The molecule has 0 radical (unpaired) electrons. The number of anilines is 1. The second-order valence-electron chi connectivity index (χ2n) is 6.68. The lowest BCUT2D eigenvalue weighted by atomic mass is 9.89. The van der Waals surface area contributed by atoms with E-state index in [2.05, 4.69) is 56.4 Å². The average molecular weight is 320 g/mol. The van der Waals surface area contributed by atoms with Gasteiger partial charge in [0.1, 0.15) is 6.07 Å². The molecular weight excluding hydrogens is 300 g/mol. The topological polar surface area (TPSA) is 35.8 Å². The number of nitrogens with zero attached hydrogens (tertiary/aromatic N) is 1. The van der Waals surface area contributed by atoms with Crippen LogP contribution in [0.2, 0.25) is 0 Å². The lowest BCUT2D eigenvalue weighted by Crippen LogP contribution is -2.08. The van der Waals surface area contributed by atoms with Gasteiger partial charge in [0, 0.05) is 17.5 Å². The zero-order valence-corrected chi connectivity index (χ0v) is 14.7. The third kappa shape index (κ3) is 2.71. The fraction of sp³-hybridized carbons (Fsp3) is 0.250. The van der Waals surface area contributed by atoms with Gasteiger partial charge in [-0.15, -0.1) is 11.3 Å². The van der Waals surface area contributed by atoms with Crippen molar-refractivity contribution < 1.29 is 0 Å². The summed E-state index contributed by atoms with van der Waals surface area (Å²) >= 11 is 1.70. The molecule has 0 amide bonds. The second kappa shape index (κ2) is 5.72. The molecule has 0 saturated heterocycles. The number of fused-ring (bicyclic) bond motifs is 1. The van der Waals surface area contributed by atoms with Gasteiger partial charge in [-0.1, -0.05) is 51.1 Å². The van der Waals surface area contributed by atoms with Crippen LogP contribution in [0.1, 0.15) is 31.9 Å². The first-order valence-corrected chi connectivity index (χ1v) is 8.51. The van der Waals surface area contributed by atoms with Crippen LogP contribution in [-0.4, -0.2) is 7.05 Å². The quantitative estimate of drug-likeness (QED) is 0.654. The summed E-state index contributed by atoms with van der Waals surface area (Å²) in [5, 5.41) is 13.0. The minimum Gasteiger partial charge on any atom is -0.386 e. The van der Waals surface area contributed by atoms with E-state index >= 15 is 0 Å². The van der Waals surface area contributed by atoms with Gasteiger partial charge in [0.25, 0.3) is 0 Å². The number of benzene rings is 1. The van der Waals surface area contributed by atoms with Gasteiger partial charge in [0.2, 0.25) is 0 Å². The lowest BCUT2D eigenvalue weighted by Gasteiger charge is -2.16. The summed E-state index contributed by atoms with van der Waals surface area (Å²) < 4.78 is 0. The molecule has 1 aromatic carbocycles. The van der Waals surface area contributed by atoms with Crippen molar-refractivity contribution in [1.29, 1.82) is 5.26 Å². The SMILES string of the molecule is CNc1c2cc(C(C)(C)C)cc-2sc(-c2ccccc2)c1C#N. The summed E-state index contributed by atoms with van der Waals surface area (Å²) in [4.78, 5) is 2.24. The Morgan fingerprint density at radius 3 is 2.35 bits per heavy atom. The third-order valence-corrected chi connectivity index (χ3v) is 5.28. The highest BCUT2D eigenvalue weighted by Gasteiger charge is 2.24. The molecule has 2 nitrogen and oxygen atoms in total. The predicted molar refractivity (Wildman–Crippen MR) is 99.3 cm³/mol. The van der Waals surface area contributed by atoms with E-state index in [1.165, 1.54) is 10.4 Å². The molecule has 116 valence electrons. The van der Waals surface area contributed by atoms with Gasteiger partial charge in [-0.05, 0) is 28.7 Å². The average Bonchev–Trinajstić information content (AvgIpc) is 2.97. The highest BCUT2D eigenvalue weighted by Crippen LogP contribution is 2.46. The summed E-state index contributed by atoms with van der Waals surface area (Å²) in [5.41, 5.74) is 5.27. The van der Waals surface area contributed by atoms with Crippen LogP contribution < -0.4 is 5.32 Å². The van der Waals surface area contributed by atoms with Gasteiger partial charge in [-0.25, -0.2) is 0 Å². The third-order valence-electron chi connectivity index (χ3n) is 4.07. The monoisotopic (exact) mass is 320 g/mol. The van der Waals surface area contributed by atoms with Gasteiger partial charge in [0.05, 0.1) is 16.1 Å². The number of rotatable bonds is 2. The molecule has 3 heteroatoms. The van der Waals surface area contributed by atoms with Gasteiger partial charge in [-0.2, -0.15) is 5.26 Å². The van der Waals surface area contributed by atoms with Crippen LogP contribution in [0.4, 0.5) is 5.69 Å². The molecule has 1 heterocycles. The van der Waals surface area contributed by atoms with Crippen LogP contribution in [0.15, 0.2) is 42.5 Å². The van der Waals surface area contributed by atoms with Gasteiger partial charge in [0.15, 0.2) is 0 Å². The molecule has 23 heavy (non-hydrogen) atoms. The molecule has 0 spiro atoms. The number of nitriles is 1. The van der Waals surface area contributed by atoms with E-state index in [1.807, 2.05) is 25.2 Å². The normalized spacial score (nSPS) is 11.4. The van der Waals surface area contributed by atoms with Gasteiger partial charge < -0.3 is 5.32 Å². The Morgan fingerprint density at radius 2 is 1.78 bits per heavy atom. The van der Waals surface area contributed by atoms with Crippen LogP contribution in [0, 0.1) is 11.3 Å². The highest BCUT2D eigenvalue weighted by molar-refractivity contribution is 7.19. The van der Waals surface area contributed by atoms with Crippen molar-refractivity contribution in [2.45, 2.75) is 26.2 Å². The summed E-state index contributed by atoms with van der Waals surface area (Å²) in [7, 11) is 1.89. The van der Waals surface area contributed by atoms with E-state index in [0.29, 0.717) is 0 Å². The highest BCUT2D eigenvalue weighted by atomic mass is 32.1. The largest absolute Gasteiger partial charge is 0.386 e. The van der Waals surface area contributed by atoms with E-state index in [-0.39, 0.29) is 5.41 Å². The minimum atomic E-state index is 0.0937. The molecule has 0 unspecified atom stereocenters. The summed E-state index contributed by atoms with van der Waals surface area (Å²) in [6, 6.07) is 17.0. The molecule has 1 N–H and O–H groups in total. The number of hydrogen-bond donors (Lipinski definition) is 1. The maximum atomic E-state index is 9.73. The Balaban J connectivity index is 2.35. The maximum Gasteiger partial charge on any atom is 0.103 e. The van der Waals surface area contributed by atoms with E-state index in [9.17, 15) is 5.26 Å². The van der Waals surface area contributed by atoms with Crippen LogP contribution in [0.3, 0.4) is 0 Å². The summed E-state index contributed by atoms with van der Waals surface area (Å²) in [5.74, 6) is 0. The zero-order chi connectivity index (χ0) is 16.6. The molecule has 0 fully saturated rings. The Morgan fingerprint density at radius 1 is 1.09 bits per heavy atom. The Bertz CT molecular complexity index is 848. The molecule has 0 bridgehead atoms. The van der Waals surface area contributed by atoms with Crippen molar-refractivity contribution in [2.24, 2.45) is 0 Å². The minimum absolute atomic E-state index is 0.0937. The van der Waals surface area contributed by atoms with Gasteiger partial charge >= 0.3 is 0 Å². The van der Waals surface area contributed by atoms with Gasteiger partial charge in [-0.3, -0.25) is 0 Å². The Hall–Kier alpha value is -2.31. The molecule has 0 aromatic heterocycles. The fourth-order valence-corrected chi connectivity index (χ4v) is 3.95. The van der Waals surface area contributed by atoms with Crippen molar-refractivity contribution in [1.82, 2.24) is 0 Å². The molecule has 1 aliphatic carbocycles. The molecule has 2 aliphatic rings. The summed E-state index contributed by atoms with van der Waals surface area (Å²) in [6.07, 6.45) is 0. The van der Waals surface area contributed by atoms with E-state index < -0.39 is 0 Å². The van der Waals surface area contributed by atoms with E-state index in [4.69, 9.17) is 0 Å². The predicted octanol–water partition coefficient (Wildman–Crippen LogP) is 5.73. The van der Waals surface area contributed by atoms with Crippen molar-refractivity contribution in [3.63, 3.8) is 0 Å². The van der Waals surface area contributed by atoms with Crippen LogP contribution in [0.5, 0.6) is 0 Å². The maximum absolute atomic E-state index is 9.73. The molecule has 1 aliphatic heterocycles. The van der Waals surface area contributed by atoms with Crippen LogP contribution >= 0.6 is 11.3 Å².